The summed E-state index contributed by atoms with van der Waals surface area (Å²) in [7, 11) is 1.69. The summed E-state index contributed by atoms with van der Waals surface area (Å²) in [5.41, 5.74) is 1.17. The number of aliphatic imine (C=N–C) groups is 1. The highest BCUT2D eigenvalue weighted by Crippen LogP contribution is 2.17. The van der Waals surface area contributed by atoms with Gasteiger partial charge in [0.05, 0.1) is 13.4 Å². The van der Waals surface area contributed by atoms with Crippen molar-refractivity contribution in [2.24, 2.45) is 4.99 Å². The van der Waals surface area contributed by atoms with Crippen molar-refractivity contribution in [1.82, 2.24) is 10.6 Å². The first-order chi connectivity index (χ1) is 11.8. The van der Waals surface area contributed by atoms with Crippen molar-refractivity contribution in [3.63, 3.8) is 0 Å². The van der Waals surface area contributed by atoms with Crippen LogP contribution >= 0.6 is 0 Å². The van der Waals surface area contributed by atoms with Crippen LogP contribution in [0.2, 0.25) is 0 Å². The molecule has 1 aromatic heterocycles. The van der Waals surface area contributed by atoms with Gasteiger partial charge in [-0.25, -0.2) is 0 Å². The van der Waals surface area contributed by atoms with E-state index in [0.29, 0.717) is 13.1 Å². The van der Waals surface area contributed by atoms with E-state index >= 15 is 0 Å². The highest BCUT2D eigenvalue weighted by atomic mass is 16.5. The lowest BCUT2D eigenvalue weighted by Crippen LogP contribution is -2.38. The van der Waals surface area contributed by atoms with E-state index in [-0.39, 0.29) is 0 Å². The molecule has 24 heavy (non-hydrogen) atoms. The topological polar surface area (TPSA) is 58.8 Å². The molecule has 0 bridgehead atoms. The van der Waals surface area contributed by atoms with Crippen LogP contribution in [0.25, 0.3) is 0 Å². The molecular formula is C19H25N3O2. The van der Waals surface area contributed by atoms with Crippen LogP contribution in [0.4, 0.5) is 0 Å². The fourth-order valence-electron chi connectivity index (χ4n) is 2.30. The molecule has 2 aromatic rings. The molecule has 0 aliphatic heterocycles. The van der Waals surface area contributed by atoms with Crippen molar-refractivity contribution in [2.75, 3.05) is 26.7 Å². The second kappa shape index (κ2) is 10.2. The van der Waals surface area contributed by atoms with Gasteiger partial charge in [0.15, 0.2) is 5.96 Å². The number of guanidine groups is 1. The Morgan fingerprint density at radius 3 is 2.83 bits per heavy atom. The SMILES string of the molecule is C=CCNC(=NCCc1ccco1)NCCc1ccccc1OC. The van der Waals surface area contributed by atoms with E-state index in [1.165, 1.54) is 5.56 Å². The van der Waals surface area contributed by atoms with Gasteiger partial charge in [-0.2, -0.15) is 0 Å². The summed E-state index contributed by atoms with van der Waals surface area (Å²) in [5, 5.41) is 6.56. The van der Waals surface area contributed by atoms with Crippen LogP contribution in [0.5, 0.6) is 5.75 Å². The number of rotatable bonds is 9. The number of nitrogens with zero attached hydrogens (tertiary/aromatic N) is 1. The Balaban J connectivity index is 1.84. The van der Waals surface area contributed by atoms with Gasteiger partial charge in [-0.05, 0) is 30.2 Å². The molecule has 0 fully saturated rings. The Bertz CT molecular complexity index is 636. The van der Waals surface area contributed by atoms with Gasteiger partial charge in [-0.3, -0.25) is 4.99 Å². The molecule has 0 amide bonds. The Morgan fingerprint density at radius 2 is 2.08 bits per heavy atom. The van der Waals surface area contributed by atoms with Crippen molar-refractivity contribution in [2.45, 2.75) is 12.8 Å². The van der Waals surface area contributed by atoms with Gasteiger partial charge in [0.2, 0.25) is 0 Å². The van der Waals surface area contributed by atoms with Crippen molar-refractivity contribution < 1.29 is 9.15 Å². The number of methoxy groups -OCH3 is 1. The molecule has 0 aliphatic rings. The average molecular weight is 327 g/mol. The summed E-state index contributed by atoms with van der Waals surface area (Å²) < 4.78 is 10.7. The Morgan fingerprint density at radius 1 is 1.21 bits per heavy atom. The molecule has 0 unspecified atom stereocenters. The first-order valence-corrected chi connectivity index (χ1v) is 8.11. The molecule has 0 atom stereocenters. The summed E-state index contributed by atoms with van der Waals surface area (Å²) in [5.74, 6) is 2.63. The molecule has 128 valence electrons. The van der Waals surface area contributed by atoms with E-state index in [0.717, 1.165) is 36.9 Å². The lowest BCUT2D eigenvalue weighted by atomic mass is 10.1. The molecule has 2 N–H and O–H groups in total. The Kier molecular flexibility index (Phi) is 7.47. The minimum atomic E-state index is 0.661. The van der Waals surface area contributed by atoms with Crippen molar-refractivity contribution in [3.8, 4) is 5.75 Å². The van der Waals surface area contributed by atoms with Crippen LogP contribution in [0, 0.1) is 0 Å². The van der Waals surface area contributed by atoms with Crippen LogP contribution in [0.3, 0.4) is 0 Å². The molecule has 0 radical (unpaired) electrons. The van der Waals surface area contributed by atoms with Gasteiger partial charge in [-0.15, -0.1) is 6.58 Å². The Hall–Kier alpha value is -2.69. The molecule has 5 heteroatoms. The molecule has 0 saturated carbocycles. The number of hydrogen-bond donors (Lipinski definition) is 2. The lowest BCUT2D eigenvalue weighted by Gasteiger charge is -2.12. The van der Waals surface area contributed by atoms with Gasteiger partial charge in [0, 0.05) is 26.1 Å². The zero-order chi connectivity index (χ0) is 17.0. The van der Waals surface area contributed by atoms with Gasteiger partial charge in [-0.1, -0.05) is 24.3 Å². The normalized spacial score (nSPS) is 11.1. The maximum atomic E-state index is 5.38. The van der Waals surface area contributed by atoms with Crippen LogP contribution in [0.1, 0.15) is 11.3 Å². The number of furan rings is 1. The maximum absolute atomic E-state index is 5.38. The van der Waals surface area contributed by atoms with Crippen LogP contribution in [-0.2, 0) is 12.8 Å². The van der Waals surface area contributed by atoms with Gasteiger partial charge >= 0.3 is 0 Å². The third-order valence-corrected chi connectivity index (χ3v) is 3.50. The highest BCUT2D eigenvalue weighted by molar-refractivity contribution is 5.79. The summed E-state index contributed by atoms with van der Waals surface area (Å²) >= 11 is 0. The molecule has 5 nitrogen and oxygen atoms in total. The van der Waals surface area contributed by atoms with E-state index in [9.17, 15) is 0 Å². The molecule has 1 aromatic carbocycles. The van der Waals surface area contributed by atoms with Crippen molar-refractivity contribution in [1.29, 1.82) is 0 Å². The van der Waals surface area contributed by atoms with Gasteiger partial charge < -0.3 is 19.8 Å². The highest BCUT2D eigenvalue weighted by Gasteiger charge is 2.03. The first-order valence-electron chi connectivity index (χ1n) is 8.11. The summed E-state index contributed by atoms with van der Waals surface area (Å²) in [6.07, 6.45) is 5.13. The molecule has 2 rings (SSSR count). The van der Waals surface area contributed by atoms with E-state index in [1.54, 1.807) is 13.4 Å². The predicted molar refractivity (Wildman–Crippen MR) is 97.6 cm³/mol. The quantitative estimate of drug-likeness (QED) is 0.422. The van der Waals surface area contributed by atoms with E-state index in [1.807, 2.05) is 36.4 Å². The third-order valence-electron chi connectivity index (χ3n) is 3.50. The average Bonchev–Trinajstić information content (AvgIpc) is 3.13. The number of hydrogen-bond acceptors (Lipinski definition) is 3. The van der Waals surface area contributed by atoms with E-state index < -0.39 is 0 Å². The number of benzene rings is 1. The molecule has 1 heterocycles. The van der Waals surface area contributed by atoms with E-state index in [4.69, 9.17) is 9.15 Å². The fraction of sp³-hybridized carbons (Fsp3) is 0.316. The Labute approximate surface area is 143 Å². The largest absolute Gasteiger partial charge is 0.496 e. The molecule has 0 spiro atoms. The molecule has 0 saturated heterocycles. The molecular weight excluding hydrogens is 302 g/mol. The van der Waals surface area contributed by atoms with Crippen molar-refractivity contribution in [3.05, 3.63) is 66.6 Å². The maximum Gasteiger partial charge on any atom is 0.191 e. The number of ether oxygens (including phenoxy) is 1. The zero-order valence-electron chi connectivity index (χ0n) is 14.1. The van der Waals surface area contributed by atoms with Crippen LogP contribution in [-0.4, -0.2) is 32.7 Å². The lowest BCUT2D eigenvalue weighted by molar-refractivity contribution is 0.409. The minimum Gasteiger partial charge on any atom is -0.496 e. The monoisotopic (exact) mass is 327 g/mol. The minimum absolute atomic E-state index is 0.661. The van der Waals surface area contributed by atoms with Crippen LogP contribution in [0.15, 0.2) is 64.7 Å². The standard InChI is InChI=1S/C19H25N3O2/c1-3-12-20-19(22-14-11-17-8-6-15-24-17)21-13-10-16-7-4-5-9-18(16)23-2/h3-9,15H,1,10-14H2,2H3,(H2,20,21,22). The fourth-order valence-corrected chi connectivity index (χ4v) is 2.30. The third kappa shape index (κ3) is 5.83. The zero-order valence-corrected chi connectivity index (χ0v) is 14.1. The first kappa shape index (κ1) is 17.7. The van der Waals surface area contributed by atoms with E-state index in [2.05, 4.69) is 28.3 Å². The summed E-state index contributed by atoms with van der Waals surface area (Å²) in [4.78, 5) is 4.57. The smallest absolute Gasteiger partial charge is 0.191 e. The number of para-hydroxylation sites is 1. The second-order valence-corrected chi connectivity index (χ2v) is 5.22. The summed E-state index contributed by atoms with van der Waals surface area (Å²) in [6.45, 7) is 5.82. The van der Waals surface area contributed by atoms with Gasteiger partial charge in [0.25, 0.3) is 0 Å². The summed E-state index contributed by atoms with van der Waals surface area (Å²) in [6, 6.07) is 11.9. The number of nitrogens with one attached hydrogen (secondary N) is 2. The second-order valence-electron chi connectivity index (χ2n) is 5.22. The van der Waals surface area contributed by atoms with Gasteiger partial charge in [0.1, 0.15) is 11.5 Å². The van der Waals surface area contributed by atoms with Crippen molar-refractivity contribution >= 4 is 5.96 Å². The predicted octanol–water partition coefficient (Wildman–Crippen LogP) is 2.79. The molecule has 0 aliphatic carbocycles. The van der Waals surface area contributed by atoms with Crippen LogP contribution < -0.4 is 15.4 Å².